The minimum Gasteiger partial charge on any atom is -0.306 e. The molecule has 0 bridgehead atoms. The van der Waals surface area contributed by atoms with E-state index in [4.69, 9.17) is 0 Å². The first-order valence-electron chi connectivity index (χ1n) is 3.08. The van der Waals surface area contributed by atoms with Crippen LogP contribution in [0.3, 0.4) is 0 Å². The van der Waals surface area contributed by atoms with Gasteiger partial charge in [0.15, 0.2) is 0 Å². The van der Waals surface area contributed by atoms with Crippen molar-refractivity contribution in [3.8, 4) is 0 Å². The zero-order chi connectivity index (χ0) is 5.11. The van der Waals surface area contributed by atoms with Crippen LogP contribution in [0.5, 0.6) is 0 Å². The van der Waals surface area contributed by atoms with Crippen molar-refractivity contribution in [3.63, 3.8) is 0 Å². The minimum absolute atomic E-state index is 0. The van der Waals surface area contributed by atoms with Crippen LogP contribution in [0.2, 0.25) is 0 Å². The Kier molecular flexibility index (Phi) is 7.92. The SMILES string of the molecule is C.C.CN1CCCCC1. The maximum Gasteiger partial charge on any atom is -0.00218 e. The Labute approximate surface area is 60.1 Å². The van der Waals surface area contributed by atoms with Gasteiger partial charge in [-0.3, -0.25) is 0 Å². The van der Waals surface area contributed by atoms with Crippen LogP contribution in [0.15, 0.2) is 0 Å². The largest absolute Gasteiger partial charge is 0.306 e. The molecule has 1 heterocycles. The number of rotatable bonds is 0. The van der Waals surface area contributed by atoms with Gasteiger partial charge < -0.3 is 4.90 Å². The van der Waals surface area contributed by atoms with E-state index >= 15 is 0 Å². The van der Waals surface area contributed by atoms with E-state index < -0.39 is 0 Å². The third kappa shape index (κ3) is 4.46. The van der Waals surface area contributed by atoms with E-state index in [0.29, 0.717) is 0 Å². The summed E-state index contributed by atoms with van der Waals surface area (Å²) in [5, 5.41) is 0. The highest BCUT2D eigenvalue weighted by molar-refractivity contribution is 4.58. The third-order valence-corrected chi connectivity index (χ3v) is 1.58. The van der Waals surface area contributed by atoms with Crippen molar-refractivity contribution >= 4 is 0 Å². The lowest BCUT2D eigenvalue weighted by Gasteiger charge is -2.20. The highest BCUT2D eigenvalue weighted by Gasteiger charge is 2.02. The van der Waals surface area contributed by atoms with E-state index in [1.165, 1.54) is 32.4 Å². The first kappa shape index (κ1) is 11.7. The van der Waals surface area contributed by atoms with Crippen LogP contribution in [0.4, 0.5) is 0 Å². The summed E-state index contributed by atoms with van der Waals surface area (Å²) in [6, 6.07) is 0. The van der Waals surface area contributed by atoms with Crippen LogP contribution in [0.25, 0.3) is 0 Å². The van der Waals surface area contributed by atoms with Crippen molar-refractivity contribution < 1.29 is 0 Å². The van der Waals surface area contributed by atoms with Crippen molar-refractivity contribution in [2.24, 2.45) is 0 Å². The molecule has 0 amide bonds. The van der Waals surface area contributed by atoms with Gasteiger partial charge in [0.25, 0.3) is 0 Å². The molecular formula is C8H21N. The molecule has 1 rings (SSSR count). The molecule has 0 unspecified atom stereocenters. The Morgan fingerprint density at radius 3 is 1.56 bits per heavy atom. The van der Waals surface area contributed by atoms with E-state index in [0.717, 1.165) is 0 Å². The summed E-state index contributed by atoms with van der Waals surface area (Å²) in [7, 11) is 2.19. The molecule has 0 atom stereocenters. The van der Waals surface area contributed by atoms with Crippen molar-refractivity contribution in [2.45, 2.75) is 34.1 Å². The summed E-state index contributed by atoms with van der Waals surface area (Å²) in [5.41, 5.74) is 0. The van der Waals surface area contributed by atoms with Crippen LogP contribution in [0.1, 0.15) is 34.1 Å². The van der Waals surface area contributed by atoms with Gasteiger partial charge in [0.1, 0.15) is 0 Å². The Morgan fingerprint density at radius 1 is 0.889 bits per heavy atom. The summed E-state index contributed by atoms with van der Waals surface area (Å²) < 4.78 is 0. The molecule has 1 nitrogen and oxygen atoms in total. The molecule has 0 radical (unpaired) electrons. The van der Waals surface area contributed by atoms with Gasteiger partial charge in [0, 0.05) is 0 Å². The van der Waals surface area contributed by atoms with Crippen molar-refractivity contribution in [1.29, 1.82) is 0 Å². The summed E-state index contributed by atoms with van der Waals surface area (Å²) in [5.74, 6) is 0. The van der Waals surface area contributed by atoms with E-state index in [1.54, 1.807) is 0 Å². The van der Waals surface area contributed by atoms with Gasteiger partial charge in [-0.25, -0.2) is 0 Å². The molecule has 0 N–H and O–H groups in total. The summed E-state index contributed by atoms with van der Waals surface area (Å²) in [6.07, 6.45) is 4.28. The van der Waals surface area contributed by atoms with Gasteiger partial charge >= 0.3 is 0 Å². The van der Waals surface area contributed by atoms with Gasteiger partial charge in [-0.05, 0) is 33.0 Å². The molecule has 58 valence electrons. The van der Waals surface area contributed by atoms with E-state index in [9.17, 15) is 0 Å². The second kappa shape index (κ2) is 6.09. The zero-order valence-electron chi connectivity index (χ0n) is 4.98. The highest BCUT2D eigenvalue weighted by atomic mass is 15.1. The molecule has 0 aromatic rings. The van der Waals surface area contributed by atoms with Crippen LogP contribution in [-0.4, -0.2) is 25.0 Å². The molecular weight excluding hydrogens is 110 g/mol. The fraction of sp³-hybridized carbons (Fsp3) is 1.00. The molecule has 1 aliphatic rings. The second-order valence-electron chi connectivity index (χ2n) is 2.36. The quantitative estimate of drug-likeness (QED) is 0.488. The number of nitrogens with zero attached hydrogens (tertiary/aromatic N) is 1. The maximum atomic E-state index is 2.39. The topological polar surface area (TPSA) is 3.24 Å². The molecule has 1 aliphatic heterocycles. The monoisotopic (exact) mass is 131 g/mol. The average molecular weight is 131 g/mol. The second-order valence-corrected chi connectivity index (χ2v) is 2.36. The average Bonchev–Trinajstić information content (AvgIpc) is 1.69. The molecule has 0 aromatic heterocycles. The van der Waals surface area contributed by atoms with Crippen LogP contribution >= 0.6 is 0 Å². The van der Waals surface area contributed by atoms with Crippen molar-refractivity contribution in [2.75, 3.05) is 20.1 Å². The zero-order valence-corrected chi connectivity index (χ0v) is 4.98. The van der Waals surface area contributed by atoms with Gasteiger partial charge in [-0.15, -0.1) is 0 Å². The molecule has 1 fully saturated rings. The smallest absolute Gasteiger partial charge is 0.00218 e. The number of piperidine rings is 1. The summed E-state index contributed by atoms with van der Waals surface area (Å²) >= 11 is 0. The molecule has 1 heteroatoms. The number of likely N-dealkylation sites (tertiary alicyclic amines) is 1. The van der Waals surface area contributed by atoms with Crippen LogP contribution in [0, 0.1) is 0 Å². The van der Waals surface area contributed by atoms with Gasteiger partial charge in [-0.2, -0.15) is 0 Å². The predicted molar refractivity (Wildman–Crippen MR) is 44.8 cm³/mol. The molecule has 0 aromatic carbocycles. The van der Waals surface area contributed by atoms with E-state index in [1.807, 2.05) is 0 Å². The fourth-order valence-electron chi connectivity index (χ4n) is 1.05. The predicted octanol–water partition coefficient (Wildman–Crippen LogP) is 2.37. The standard InChI is InChI=1S/C6H13N.2CH4/c1-7-5-3-2-4-6-7;;/h2-6H2,1H3;2*1H4. The normalized spacial score (nSPS) is 19.7. The minimum atomic E-state index is 0. The maximum absolute atomic E-state index is 2.39. The highest BCUT2D eigenvalue weighted by Crippen LogP contribution is 2.04. The summed E-state index contributed by atoms with van der Waals surface area (Å²) in [4.78, 5) is 2.39. The number of hydrogen-bond donors (Lipinski definition) is 0. The van der Waals surface area contributed by atoms with Gasteiger partial charge in [-0.1, -0.05) is 21.3 Å². The molecule has 0 spiro atoms. The van der Waals surface area contributed by atoms with Gasteiger partial charge in [0.05, 0.1) is 0 Å². The van der Waals surface area contributed by atoms with Crippen LogP contribution in [-0.2, 0) is 0 Å². The Bertz CT molecular complexity index is 46.5. The van der Waals surface area contributed by atoms with Crippen molar-refractivity contribution in [3.05, 3.63) is 0 Å². The number of hydrogen-bond acceptors (Lipinski definition) is 1. The lowest BCUT2D eigenvalue weighted by atomic mass is 10.1. The van der Waals surface area contributed by atoms with Crippen LogP contribution < -0.4 is 0 Å². The molecule has 0 aliphatic carbocycles. The summed E-state index contributed by atoms with van der Waals surface area (Å²) in [6.45, 7) is 2.64. The van der Waals surface area contributed by atoms with E-state index in [-0.39, 0.29) is 14.9 Å². The Morgan fingerprint density at radius 2 is 1.33 bits per heavy atom. The lowest BCUT2D eigenvalue weighted by Crippen LogP contribution is -2.24. The van der Waals surface area contributed by atoms with Crippen molar-refractivity contribution in [1.82, 2.24) is 4.90 Å². The van der Waals surface area contributed by atoms with Gasteiger partial charge in [0.2, 0.25) is 0 Å². The Balaban J connectivity index is 0. The van der Waals surface area contributed by atoms with E-state index in [2.05, 4.69) is 11.9 Å². The molecule has 0 saturated carbocycles. The fourth-order valence-corrected chi connectivity index (χ4v) is 1.05. The first-order valence-corrected chi connectivity index (χ1v) is 3.08. The Hall–Kier alpha value is -0.0400. The lowest BCUT2D eigenvalue weighted by molar-refractivity contribution is 0.277. The molecule has 1 saturated heterocycles. The third-order valence-electron chi connectivity index (χ3n) is 1.58. The first-order chi connectivity index (χ1) is 3.39. The molecule has 9 heavy (non-hydrogen) atoms.